The van der Waals surface area contributed by atoms with E-state index in [9.17, 15) is 9.59 Å². The fourth-order valence-electron chi connectivity index (χ4n) is 2.56. The third-order valence-corrected chi connectivity index (χ3v) is 3.41. The van der Waals surface area contributed by atoms with Crippen LogP contribution in [0.2, 0.25) is 0 Å². The zero-order valence-corrected chi connectivity index (χ0v) is 11.7. The van der Waals surface area contributed by atoms with Crippen LogP contribution in [0.1, 0.15) is 31.4 Å². The van der Waals surface area contributed by atoms with Crippen LogP contribution in [-0.2, 0) is 16.0 Å². The average molecular weight is 260 g/mol. The van der Waals surface area contributed by atoms with Crippen molar-refractivity contribution >= 4 is 17.5 Å². The summed E-state index contributed by atoms with van der Waals surface area (Å²) in [6.45, 7) is 5.93. The zero-order valence-electron chi connectivity index (χ0n) is 11.7. The van der Waals surface area contributed by atoms with E-state index < -0.39 is 6.04 Å². The fourth-order valence-corrected chi connectivity index (χ4v) is 2.56. The average Bonchev–Trinajstić information content (AvgIpc) is 2.36. The van der Waals surface area contributed by atoms with Crippen molar-refractivity contribution in [2.75, 3.05) is 11.4 Å². The van der Waals surface area contributed by atoms with Crippen LogP contribution in [0, 0.1) is 6.92 Å². The Bertz CT molecular complexity index is 511. The molecule has 1 unspecified atom stereocenters. The van der Waals surface area contributed by atoms with Gasteiger partial charge in [0.25, 0.3) is 0 Å². The summed E-state index contributed by atoms with van der Waals surface area (Å²) >= 11 is 0. The van der Waals surface area contributed by atoms with Crippen LogP contribution in [0.3, 0.4) is 0 Å². The molecule has 1 heterocycles. The largest absolute Gasteiger partial charge is 0.345 e. The number of nitrogens with zero attached hydrogens (tertiary/aromatic N) is 1. The molecule has 0 radical (unpaired) electrons. The quantitative estimate of drug-likeness (QED) is 0.881. The summed E-state index contributed by atoms with van der Waals surface area (Å²) in [5.41, 5.74) is 3.41. The second kappa shape index (κ2) is 5.43. The maximum absolute atomic E-state index is 12.4. The van der Waals surface area contributed by atoms with E-state index in [4.69, 9.17) is 0 Å². The number of hydrogen-bond acceptors (Lipinski definition) is 2. The molecule has 2 amide bonds. The van der Waals surface area contributed by atoms with Crippen LogP contribution < -0.4 is 10.2 Å². The second-order valence-corrected chi connectivity index (χ2v) is 5.15. The molecule has 0 aromatic heterocycles. The first-order valence-electron chi connectivity index (χ1n) is 6.67. The number of aryl methyl sites for hydroxylation is 2. The molecule has 102 valence electrons. The molecule has 4 nitrogen and oxygen atoms in total. The van der Waals surface area contributed by atoms with Crippen LogP contribution >= 0.6 is 0 Å². The van der Waals surface area contributed by atoms with Crippen LogP contribution in [0.4, 0.5) is 5.69 Å². The maximum Gasteiger partial charge on any atom is 0.249 e. The summed E-state index contributed by atoms with van der Waals surface area (Å²) in [6.07, 6.45) is 1.98. The van der Waals surface area contributed by atoms with Crippen molar-refractivity contribution in [1.82, 2.24) is 5.32 Å². The molecular formula is C15H20N2O2. The molecule has 19 heavy (non-hydrogen) atoms. The minimum atomic E-state index is -0.482. The van der Waals surface area contributed by atoms with Gasteiger partial charge in [0.05, 0.1) is 0 Å². The molecule has 0 fully saturated rings. The second-order valence-electron chi connectivity index (χ2n) is 5.15. The molecule has 1 atom stereocenters. The van der Waals surface area contributed by atoms with E-state index in [1.807, 2.05) is 12.1 Å². The van der Waals surface area contributed by atoms with E-state index in [-0.39, 0.29) is 11.8 Å². The van der Waals surface area contributed by atoms with Gasteiger partial charge < -0.3 is 10.2 Å². The summed E-state index contributed by atoms with van der Waals surface area (Å²) in [5, 5.41) is 2.65. The van der Waals surface area contributed by atoms with Gasteiger partial charge in [0.1, 0.15) is 6.04 Å². The maximum atomic E-state index is 12.4. The number of amides is 2. The molecule has 1 N–H and O–H groups in total. The van der Waals surface area contributed by atoms with E-state index in [1.54, 1.807) is 11.8 Å². The number of rotatable bonds is 2. The highest BCUT2D eigenvalue weighted by Gasteiger charge is 2.26. The summed E-state index contributed by atoms with van der Waals surface area (Å²) in [4.78, 5) is 25.2. The molecular weight excluding hydrogens is 240 g/mol. The molecule has 2 rings (SSSR count). The predicted octanol–water partition coefficient (Wildman–Crippen LogP) is 1.80. The number of anilines is 1. The Morgan fingerprint density at radius 3 is 2.79 bits per heavy atom. The molecule has 1 aromatic carbocycles. The lowest BCUT2D eigenvalue weighted by molar-refractivity contribution is -0.126. The normalized spacial score (nSPS) is 15.6. The number of carbonyl (C=O) groups is 2. The highest BCUT2D eigenvalue weighted by molar-refractivity contribution is 5.99. The molecule has 1 aliphatic rings. The Labute approximate surface area is 113 Å². The van der Waals surface area contributed by atoms with Crippen molar-refractivity contribution in [3.05, 3.63) is 29.3 Å². The highest BCUT2D eigenvalue weighted by Crippen LogP contribution is 2.28. The molecule has 0 saturated carbocycles. The first-order valence-corrected chi connectivity index (χ1v) is 6.67. The van der Waals surface area contributed by atoms with Gasteiger partial charge >= 0.3 is 0 Å². The molecule has 4 heteroatoms. The lowest BCUT2D eigenvalue weighted by Gasteiger charge is -2.31. The monoisotopic (exact) mass is 260 g/mol. The molecule has 0 bridgehead atoms. The van der Waals surface area contributed by atoms with Gasteiger partial charge in [-0.2, -0.15) is 0 Å². The number of hydrogen-bond donors (Lipinski definition) is 1. The number of benzene rings is 1. The standard InChI is InChI=1S/C15H20N2O2/c1-10-6-7-14-13(9-10)5-4-8-17(14)15(19)11(2)16-12(3)18/h6-7,9,11H,4-5,8H2,1-3H3,(H,16,18). The fraction of sp³-hybridized carbons (Fsp3) is 0.467. The van der Waals surface area contributed by atoms with Crippen molar-refractivity contribution < 1.29 is 9.59 Å². The first-order chi connectivity index (χ1) is 8.99. The Balaban J connectivity index is 2.23. The SMILES string of the molecule is CC(=O)NC(C)C(=O)N1CCCc2cc(C)ccc21. The van der Waals surface area contributed by atoms with Gasteiger partial charge in [0.2, 0.25) is 11.8 Å². The lowest BCUT2D eigenvalue weighted by atomic mass is 9.99. The van der Waals surface area contributed by atoms with Gasteiger partial charge in [-0.05, 0) is 38.3 Å². The van der Waals surface area contributed by atoms with Crippen molar-refractivity contribution in [2.24, 2.45) is 0 Å². The third-order valence-electron chi connectivity index (χ3n) is 3.41. The smallest absolute Gasteiger partial charge is 0.249 e. The van der Waals surface area contributed by atoms with E-state index in [0.717, 1.165) is 25.1 Å². The van der Waals surface area contributed by atoms with Crippen molar-refractivity contribution in [2.45, 2.75) is 39.7 Å². The molecule has 0 aliphatic carbocycles. The van der Waals surface area contributed by atoms with E-state index in [1.165, 1.54) is 18.1 Å². The Kier molecular flexibility index (Phi) is 3.88. The third kappa shape index (κ3) is 2.95. The Hall–Kier alpha value is -1.84. The number of fused-ring (bicyclic) bond motifs is 1. The van der Waals surface area contributed by atoms with E-state index in [0.29, 0.717) is 0 Å². The Morgan fingerprint density at radius 1 is 1.37 bits per heavy atom. The number of carbonyl (C=O) groups excluding carboxylic acids is 2. The molecule has 1 aliphatic heterocycles. The summed E-state index contributed by atoms with van der Waals surface area (Å²) < 4.78 is 0. The van der Waals surface area contributed by atoms with Crippen LogP contribution in [0.25, 0.3) is 0 Å². The van der Waals surface area contributed by atoms with Gasteiger partial charge in [0.15, 0.2) is 0 Å². The van der Waals surface area contributed by atoms with E-state index >= 15 is 0 Å². The number of nitrogens with one attached hydrogen (secondary N) is 1. The van der Waals surface area contributed by atoms with Gasteiger partial charge in [-0.3, -0.25) is 9.59 Å². The van der Waals surface area contributed by atoms with Crippen LogP contribution in [-0.4, -0.2) is 24.4 Å². The summed E-state index contributed by atoms with van der Waals surface area (Å²) in [6, 6.07) is 5.68. The minimum Gasteiger partial charge on any atom is -0.345 e. The highest BCUT2D eigenvalue weighted by atomic mass is 16.2. The van der Waals surface area contributed by atoms with Crippen molar-refractivity contribution in [1.29, 1.82) is 0 Å². The Morgan fingerprint density at radius 2 is 2.11 bits per heavy atom. The van der Waals surface area contributed by atoms with Gasteiger partial charge in [0, 0.05) is 19.2 Å². The van der Waals surface area contributed by atoms with Crippen molar-refractivity contribution in [3.63, 3.8) is 0 Å². The van der Waals surface area contributed by atoms with Crippen molar-refractivity contribution in [3.8, 4) is 0 Å². The molecule has 1 aromatic rings. The first kappa shape index (κ1) is 13.6. The topological polar surface area (TPSA) is 49.4 Å². The zero-order chi connectivity index (χ0) is 14.0. The van der Waals surface area contributed by atoms with Crippen LogP contribution in [0.5, 0.6) is 0 Å². The predicted molar refractivity (Wildman–Crippen MR) is 75.1 cm³/mol. The molecule has 0 saturated heterocycles. The van der Waals surface area contributed by atoms with Crippen LogP contribution in [0.15, 0.2) is 18.2 Å². The summed E-state index contributed by atoms with van der Waals surface area (Å²) in [7, 11) is 0. The van der Waals surface area contributed by atoms with Gasteiger partial charge in [-0.15, -0.1) is 0 Å². The lowest BCUT2D eigenvalue weighted by Crippen LogP contribution is -2.48. The van der Waals surface area contributed by atoms with Gasteiger partial charge in [-0.1, -0.05) is 17.7 Å². The van der Waals surface area contributed by atoms with Gasteiger partial charge in [-0.25, -0.2) is 0 Å². The summed E-state index contributed by atoms with van der Waals surface area (Å²) in [5.74, 6) is -0.220. The minimum absolute atomic E-state index is 0.0417. The molecule has 0 spiro atoms. The van der Waals surface area contributed by atoms with E-state index in [2.05, 4.69) is 18.3 Å².